The zero-order chi connectivity index (χ0) is 24.7. The zero-order valence-corrected chi connectivity index (χ0v) is 19.4. The summed E-state index contributed by atoms with van der Waals surface area (Å²) in [4.78, 5) is 23.6. The van der Waals surface area contributed by atoms with Crippen molar-refractivity contribution in [1.29, 1.82) is 0 Å². The number of benzene rings is 2. The Morgan fingerprint density at radius 2 is 1.88 bits per heavy atom. The van der Waals surface area contributed by atoms with Crippen LogP contribution >= 0.6 is 0 Å². The summed E-state index contributed by atoms with van der Waals surface area (Å²) in [5.41, 5.74) is 1.84. The summed E-state index contributed by atoms with van der Waals surface area (Å²) in [6, 6.07) is 10.9. The number of anilines is 1. The maximum absolute atomic E-state index is 12.8. The lowest BCUT2D eigenvalue weighted by molar-refractivity contribution is -0.142. The Labute approximate surface area is 196 Å². The van der Waals surface area contributed by atoms with Gasteiger partial charge in [0.05, 0.1) is 7.11 Å². The third-order valence-corrected chi connectivity index (χ3v) is 5.84. The minimum absolute atomic E-state index is 0.00680. The van der Waals surface area contributed by atoms with Crippen LogP contribution in [0.25, 0.3) is 6.08 Å². The van der Waals surface area contributed by atoms with Gasteiger partial charge < -0.3 is 23.5 Å². The molecule has 1 N–H and O–H groups in total. The Morgan fingerprint density at radius 3 is 2.59 bits per heavy atom. The summed E-state index contributed by atoms with van der Waals surface area (Å²) in [5, 5.41) is 5.89. The molecule has 3 rings (SSSR count). The van der Waals surface area contributed by atoms with E-state index in [-0.39, 0.29) is 22.2 Å². The molecule has 0 saturated carbocycles. The van der Waals surface area contributed by atoms with Crippen LogP contribution in [0.3, 0.4) is 0 Å². The van der Waals surface area contributed by atoms with Gasteiger partial charge in [-0.25, -0.2) is 4.79 Å². The van der Waals surface area contributed by atoms with Crippen LogP contribution in [0.15, 0.2) is 64.2 Å². The molecule has 0 bridgehead atoms. The second-order valence-electron chi connectivity index (χ2n) is 7.09. The molecule has 3 aromatic rings. The Morgan fingerprint density at radius 1 is 1.09 bits per heavy atom. The Hall–Kier alpha value is -4.12. The van der Waals surface area contributed by atoms with E-state index in [0.717, 1.165) is 11.6 Å². The van der Waals surface area contributed by atoms with Gasteiger partial charge in [-0.05, 0) is 54.8 Å². The van der Waals surface area contributed by atoms with Gasteiger partial charge in [-0.15, -0.1) is 0 Å². The van der Waals surface area contributed by atoms with E-state index in [2.05, 4.69) is 15.0 Å². The van der Waals surface area contributed by atoms with E-state index in [0.29, 0.717) is 11.1 Å². The van der Waals surface area contributed by atoms with E-state index in [1.54, 1.807) is 19.9 Å². The molecule has 0 radical (unpaired) electrons. The number of amides is 1. The Balaban J connectivity index is 1.65. The molecule has 0 spiro atoms. The van der Waals surface area contributed by atoms with Crippen LogP contribution in [-0.2, 0) is 24.4 Å². The zero-order valence-electron chi connectivity index (χ0n) is 18.6. The van der Waals surface area contributed by atoms with Gasteiger partial charge in [0.2, 0.25) is 0 Å². The maximum Gasteiger partial charge on any atom is 0.339 e. The number of nitrogens with zero attached hydrogens (tertiary/aromatic N) is 1. The van der Waals surface area contributed by atoms with Crippen molar-refractivity contribution in [2.75, 3.05) is 19.0 Å². The van der Waals surface area contributed by atoms with Crippen LogP contribution in [0.1, 0.15) is 16.7 Å². The fraction of sp³-hybridized carbons (Fsp3) is 0.174. The molecule has 2 aromatic carbocycles. The third kappa shape index (κ3) is 6.45. The number of esters is 1. The number of nitrogens with one attached hydrogen (secondary N) is 1. The molecule has 1 aromatic heterocycles. The van der Waals surface area contributed by atoms with Gasteiger partial charge in [-0.1, -0.05) is 23.4 Å². The topological polar surface area (TPSA) is 134 Å². The lowest BCUT2D eigenvalue weighted by Crippen LogP contribution is -2.20. The van der Waals surface area contributed by atoms with E-state index in [4.69, 9.17) is 13.7 Å². The molecule has 0 saturated heterocycles. The van der Waals surface area contributed by atoms with Crippen molar-refractivity contribution in [3.8, 4) is 11.5 Å². The lowest BCUT2D eigenvalue weighted by Gasteiger charge is -2.13. The Kier molecular flexibility index (Phi) is 7.69. The normalized spacial score (nSPS) is 11.3. The third-order valence-electron chi connectivity index (χ3n) is 4.46. The average Bonchev–Trinajstić information content (AvgIpc) is 3.31. The van der Waals surface area contributed by atoms with E-state index < -0.39 is 28.6 Å². The number of carbonyl (C=O) groups is 2. The van der Waals surface area contributed by atoms with Crippen LogP contribution in [0, 0.1) is 13.8 Å². The summed E-state index contributed by atoms with van der Waals surface area (Å²) in [6.07, 6.45) is 3.82. The molecule has 1 amide bonds. The summed E-state index contributed by atoms with van der Waals surface area (Å²) in [7, 11) is -2.73. The van der Waals surface area contributed by atoms with Crippen LogP contribution in [0.2, 0.25) is 0 Å². The van der Waals surface area contributed by atoms with Crippen molar-refractivity contribution in [3.63, 3.8) is 0 Å². The first-order valence-electron chi connectivity index (χ1n) is 9.93. The quantitative estimate of drug-likeness (QED) is 0.275. The van der Waals surface area contributed by atoms with Gasteiger partial charge in [0.25, 0.3) is 5.91 Å². The lowest BCUT2D eigenvalue weighted by atomic mass is 10.2. The molecule has 10 nitrogen and oxygen atoms in total. The van der Waals surface area contributed by atoms with Crippen LogP contribution < -0.4 is 14.2 Å². The minimum Gasteiger partial charge on any atom is -0.493 e. The fourth-order valence-corrected chi connectivity index (χ4v) is 4.06. The number of methoxy groups -OCH3 is 1. The molecule has 0 aliphatic rings. The van der Waals surface area contributed by atoms with E-state index in [1.165, 1.54) is 49.8 Å². The summed E-state index contributed by atoms with van der Waals surface area (Å²) < 4.78 is 45.5. The highest BCUT2D eigenvalue weighted by atomic mass is 32.2. The molecule has 0 fully saturated rings. The molecular weight excluding hydrogens is 464 g/mol. The van der Waals surface area contributed by atoms with Crippen molar-refractivity contribution in [3.05, 3.63) is 71.5 Å². The van der Waals surface area contributed by atoms with Crippen molar-refractivity contribution >= 4 is 33.9 Å². The number of ether oxygens (including phenoxy) is 2. The monoisotopic (exact) mass is 486 g/mol. The molecule has 0 aliphatic carbocycles. The fourth-order valence-electron chi connectivity index (χ4n) is 2.80. The highest BCUT2D eigenvalue weighted by molar-refractivity contribution is 7.87. The molecule has 1 heterocycles. The highest BCUT2D eigenvalue weighted by Crippen LogP contribution is 2.32. The summed E-state index contributed by atoms with van der Waals surface area (Å²) in [5.74, 6) is -0.995. The van der Waals surface area contributed by atoms with Gasteiger partial charge in [0.1, 0.15) is 11.2 Å². The predicted molar refractivity (Wildman–Crippen MR) is 122 cm³/mol. The molecular formula is C23H22N2O8S. The minimum atomic E-state index is -4.09. The van der Waals surface area contributed by atoms with Crippen molar-refractivity contribution in [2.45, 2.75) is 18.7 Å². The standard InChI is InChI=1S/C23H22N2O8S/c1-15-4-5-16(2)20(12-15)34(28,29)33-18-8-6-17(13-19(18)30-3)7-9-23(27)31-14-22(26)24-21-10-11-32-25-21/h4-13H,14H2,1-3H3,(H,24,25,26)/b9-7+. The van der Waals surface area contributed by atoms with Crippen molar-refractivity contribution < 1.29 is 36.2 Å². The first-order chi connectivity index (χ1) is 16.2. The molecule has 0 atom stereocenters. The number of carbonyl (C=O) groups excluding carboxylic acids is 2. The second kappa shape index (κ2) is 10.7. The first-order valence-corrected chi connectivity index (χ1v) is 11.3. The van der Waals surface area contributed by atoms with Crippen LogP contribution in [0.5, 0.6) is 11.5 Å². The van der Waals surface area contributed by atoms with Crippen LogP contribution in [0.4, 0.5) is 5.82 Å². The van der Waals surface area contributed by atoms with Gasteiger partial charge in [-0.2, -0.15) is 8.42 Å². The predicted octanol–water partition coefficient (Wildman–Crippen LogP) is 3.26. The van der Waals surface area contributed by atoms with E-state index in [1.807, 2.05) is 6.07 Å². The van der Waals surface area contributed by atoms with Crippen molar-refractivity contribution in [1.82, 2.24) is 5.16 Å². The van der Waals surface area contributed by atoms with Crippen molar-refractivity contribution in [2.24, 2.45) is 0 Å². The number of rotatable bonds is 9. The molecule has 11 heteroatoms. The SMILES string of the molecule is COc1cc(/C=C/C(=O)OCC(=O)Nc2ccon2)ccc1OS(=O)(=O)c1cc(C)ccc1C. The number of hydrogen-bond acceptors (Lipinski definition) is 9. The second-order valence-corrected chi connectivity index (χ2v) is 8.61. The smallest absolute Gasteiger partial charge is 0.339 e. The molecule has 34 heavy (non-hydrogen) atoms. The molecule has 0 aliphatic heterocycles. The maximum atomic E-state index is 12.8. The number of hydrogen-bond donors (Lipinski definition) is 1. The van der Waals surface area contributed by atoms with Gasteiger partial charge in [-0.3, -0.25) is 4.79 Å². The molecule has 178 valence electrons. The Bertz CT molecular complexity index is 1310. The highest BCUT2D eigenvalue weighted by Gasteiger charge is 2.21. The average molecular weight is 487 g/mol. The van der Waals surface area contributed by atoms with E-state index >= 15 is 0 Å². The number of aromatic nitrogens is 1. The van der Waals surface area contributed by atoms with Crippen LogP contribution in [-0.4, -0.2) is 39.2 Å². The largest absolute Gasteiger partial charge is 0.493 e. The van der Waals surface area contributed by atoms with Gasteiger partial charge in [0, 0.05) is 12.1 Å². The number of aryl methyl sites for hydroxylation is 2. The summed E-state index contributed by atoms with van der Waals surface area (Å²) in [6.45, 7) is 2.95. The molecule has 0 unspecified atom stereocenters. The van der Waals surface area contributed by atoms with Gasteiger partial charge in [0.15, 0.2) is 23.9 Å². The summed E-state index contributed by atoms with van der Waals surface area (Å²) >= 11 is 0. The van der Waals surface area contributed by atoms with Gasteiger partial charge >= 0.3 is 16.1 Å². The first kappa shape index (κ1) is 24.5. The van der Waals surface area contributed by atoms with E-state index in [9.17, 15) is 18.0 Å².